The lowest BCUT2D eigenvalue weighted by Gasteiger charge is -2.22. The Morgan fingerprint density at radius 1 is 1.40 bits per heavy atom. The fourth-order valence-corrected chi connectivity index (χ4v) is 1.70. The minimum absolute atomic E-state index is 0.228. The van der Waals surface area contributed by atoms with Crippen LogP contribution in [0.15, 0.2) is 18.2 Å². The van der Waals surface area contributed by atoms with Gasteiger partial charge < -0.3 is 14.8 Å². The summed E-state index contributed by atoms with van der Waals surface area (Å²) in [6, 6.07) is 2.20. The zero-order chi connectivity index (χ0) is 15.3. The van der Waals surface area contributed by atoms with E-state index >= 15 is 0 Å². The van der Waals surface area contributed by atoms with Gasteiger partial charge in [0.25, 0.3) is 11.6 Å². The number of nitrogens with one attached hydrogen (secondary N) is 1. The lowest BCUT2D eigenvalue weighted by Crippen LogP contribution is -2.43. The molecular weight excluding hydrogens is 271 g/mol. The summed E-state index contributed by atoms with van der Waals surface area (Å²) < 4.78 is 22.9. The predicted molar refractivity (Wildman–Crippen MR) is 67.8 cm³/mol. The number of carbonyl (C=O) groups excluding carboxylic acids is 1. The van der Waals surface area contributed by atoms with Gasteiger partial charge in [-0.15, -0.1) is 0 Å². The molecule has 8 heteroatoms. The molecule has 20 heavy (non-hydrogen) atoms. The predicted octanol–water partition coefficient (Wildman–Crippen LogP) is 1.47. The molecular formula is C12H15FN2O5. The zero-order valence-corrected chi connectivity index (χ0v) is 11.3. The molecule has 0 aliphatic carbocycles. The number of hydrogen-bond donors (Lipinski definition) is 1. The van der Waals surface area contributed by atoms with Crippen molar-refractivity contribution in [3.8, 4) is 0 Å². The molecule has 1 unspecified atom stereocenters. The molecule has 0 heterocycles. The number of carbonyl (C=O) groups is 1. The van der Waals surface area contributed by atoms with Gasteiger partial charge in [0.15, 0.2) is 6.29 Å². The minimum atomic E-state index is -0.813. The maximum atomic E-state index is 13.0. The zero-order valence-electron chi connectivity index (χ0n) is 11.3. The normalized spacial score (nSPS) is 12.2. The summed E-state index contributed by atoms with van der Waals surface area (Å²) >= 11 is 0. The first-order valence-corrected chi connectivity index (χ1v) is 5.71. The number of benzene rings is 1. The van der Waals surface area contributed by atoms with Gasteiger partial charge in [-0.25, -0.2) is 4.39 Å². The van der Waals surface area contributed by atoms with Crippen molar-refractivity contribution in [1.29, 1.82) is 0 Å². The van der Waals surface area contributed by atoms with Crippen molar-refractivity contribution in [1.82, 2.24) is 5.32 Å². The molecule has 1 rings (SSSR count). The van der Waals surface area contributed by atoms with Crippen molar-refractivity contribution in [3.63, 3.8) is 0 Å². The summed E-state index contributed by atoms with van der Waals surface area (Å²) in [6.07, 6.45) is -0.696. The third kappa shape index (κ3) is 3.72. The van der Waals surface area contributed by atoms with E-state index in [4.69, 9.17) is 9.47 Å². The highest BCUT2D eigenvalue weighted by atomic mass is 19.1. The van der Waals surface area contributed by atoms with E-state index in [0.29, 0.717) is 6.07 Å². The molecule has 1 amide bonds. The highest BCUT2D eigenvalue weighted by molar-refractivity contribution is 5.98. The maximum absolute atomic E-state index is 13.0. The van der Waals surface area contributed by atoms with Crippen LogP contribution in [0.1, 0.15) is 17.3 Å². The average Bonchev–Trinajstić information content (AvgIpc) is 2.39. The number of halogens is 1. The molecule has 0 saturated heterocycles. The first-order chi connectivity index (χ1) is 9.40. The average molecular weight is 286 g/mol. The largest absolute Gasteiger partial charge is 0.354 e. The Bertz CT molecular complexity index is 505. The summed E-state index contributed by atoms with van der Waals surface area (Å²) in [7, 11) is 2.80. The molecule has 1 aromatic rings. The first-order valence-electron chi connectivity index (χ1n) is 5.71. The van der Waals surface area contributed by atoms with E-state index in [9.17, 15) is 19.3 Å². The van der Waals surface area contributed by atoms with Crippen LogP contribution in [-0.4, -0.2) is 37.4 Å². The van der Waals surface area contributed by atoms with Gasteiger partial charge >= 0.3 is 0 Å². The van der Waals surface area contributed by atoms with Gasteiger partial charge in [0.1, 0.15) is 11.4 Å². The van der Waals surface area contributed by atoms with Crippen molar-refractivity contribution < 1.29 is 23.6 Å². The molecule has 0 bridgehead atoms. The van der Waals surface area contributed by atoms with Crippen LogP contribution < -0.4 is 5.32 Å². The molecule has 1 aromatic carbocycles. The van der Waals surface area contributed by atoms with Gasteiger partial charge in [-0.1, -0.05) is 0 Å². The SMILES string of the molecule is COC(OC)C(C)NC(=O)c1ccc(F)cc1[N+](=O)[O-]. The number of nitro benzene ring substituents is 1. The Labute approximate surface area is 114 Å². The van der Waals surface area contributed by atoms with E-state index in [0.717, 1.165) is 12.1 Å². The number of nitrogens with zero attached hydrogens (tertiary/aromatic N) is 1. The van der Waals surface area contributed by atoms with Gasteiger partial charge in [-0.3, -0.25) is 14.9 Å². The van der Waals surface area contributed by atoms with E-state index in [-0.39, 0.29) is 5.56 Å². The molecule has 110 valence electrons. The fourth-order valence-electron chi connectivity index (χ4n) is 1.70. The molecule has 1 atom stereocenters. The molecule has 0 radical (unpaired) electrons. The third-order valence-electron chi connectivity index (χ3n) is 2.63. The third-order valence-corrected chi connectivity index (χ3v) is 2.63. The molecule has 0 fully saturated rings. The minimum Gasteiger partial charge on any atom is -0.354 e. The van der Waals surface area contributed by atoms with Crippen molar-refractivity contribution in [2.75, 3.05) is 14.2 Å². The Kier molecular flexibility index (Phi) is 5.53. The second kappa shape index (κ2) is 6.92. The van der Waals surface area contributed by atoms with Crippen LogP contribution >= 0.6 is 0 Å². The Morgan fingerprint density at radius 3 is 2.50 bits per heavy atom. The van der Waals surface area contributed by atoms with E-state index in [2.05, 4.69) is 5.32 Å². The van der Waals surface area contributed by atoms with Crippen LogP contribution in [0, 0.1) is 15.9 Å². The van der Waals surface area contributed by atoms with Crippen molar-refractivity contribution in [3.05, 3.63) is 39.7 Å². The smallest absolute Gasteiger partial charge is 0.285 e. The summed E-state index contributed by atoms with van der Waals surface area (Å²) in [5.74, 6) is -1.49. The monoisotopic (exact) mass is 286 g/mol. The van der Waals surface area contributed by atoms with E-state index in [1.165, 1.54) is 14.2 Å². The molecule has 0 aromatic heterocycles. The van der Waals surface area contributed by atoms with Crippen molar-refractivity contribution in [2.45, 2.75) is 19.3 Å². The van der Waals surface area contributed by atoms with Crippen LogP contribution in [0.3, 0.4) is 0 Å². The summed E-state index contributed by atoms with van der Waals surface area (Å²) in [5.41, 5.74) is -0.824. The van der Waals surface area contributed by atoms with E-state index < -0.39 is 34.7 Å². The number of methoxy groups -OCH3 is 2. The number of nitro groups is 1. The summed E-state index contributed by atoms with van der Waals surface area (Å²) in [5, 5.41) is 13.3. The Balaban J connectivity index is 2.95. The van der Waals surface area contributed by atoms with Crippen LogP contribution in [-0.2, 0) is 9.47 Å². The highest BCUT2D eigenvalue weighted by Crippen LogP contribution is 2.20. The second-order valence-corrected chi connectivity index (χ2v) is 4.02. The van der Waals surface area contributed by atoms with Gasteiger partial charge in [0.2, 0.25) is 0 Å². The second-order valence-electron chi connectivity index (χ2n) is 4.02. The quantitative estimate of drug-likeness (QED) is 0.486. The Hall–Kier alpha value is -2.06. The number of hydrogen-bond acceptors (Lipinski definition) is 5. The number of ether oxygens (including phenoxy) is 2. The highest BCUT2D eigenvalue weighted by Gasteiger charge is 2.24. The van der Waals surface area contributed by atoms with Gasteiger partial charge in [-0.2, -0.15) is 0 Å². The fraction of sp³-hybridized carbons (Fsp3) is 0.417. The van der Waals surface area contributed by atoms with Crippen molar-refractivity contribution >= 4 is 11.6 Å². The number of rotatable bonds is 6. The van der Waals surface area contributed by atoms with Crippen molar-refractivity contribution in [2.24, 2.45) is 0 Å². The maximum Gasteiger partial charge on any atom is 0.285 e. The van der Waals surface area contributed by atoms with Crippen LogP contribution in [0.4, 0.5) is 10.1 Å². The molecule has 0 saturated carbocycles. The molecule has 0 spiro atoms. The molecule has 1 N–H and O–H groups in total. The molecule has 0 aliphatic heterocycles. The van der Waals surface area contributed by atoms with E-state index in [1.54, 1.807) is 6.92 Å². The van der Waals surface area contributed by atoms with Gasteiger partial charge in [0.05, 0.1) is 17.0 Å². The molecule has 0 aliphatic rings. The Morgan fingerprint density at radius 2 is 2.00 bits per heavy atom. The lowest BCUT2D eigenvalue weighted by molar-refractivity contribution is -0.385. The first kappa shape index (κ1) is 16.0. The van der Waals surface area contributed by atoms with Gasteiger partial charge in [-0.05, 0) is 19.1 Å². The summed E-state index contributed by atoms with van der Waals surface area (Å²) in [6.45, 7) is 1.62. The van der Waals surface area contributed by atoms with Crippen LogP contribution in [0.25, 0.3) is 0 Å². The lowest BCUT2D eigenvalue weighted by atomic mass is 10.1. The van der Waals surface area contributed by atoms with Crippen LogP contribution in [0.5, 0.6) is 0 Å². The summed E-state index contributed by atoms with van der Waals surface area (Å²) in [4.78, 5) is 22.0. The topological polar surface area (TPSA) is 90.7 Å². The molecule has 7 nitrogen and oxygen atoms in total. The standard InChI is InChI=1S/C12H15FN2O5/c1-7(12(19-2)20-3)14-11(16)9-5-4-8(13)6-10(9)15(17)18/h4-7,12H,1-3H3,(H,14,16). The van der Waals surface area contributed by atoms with E-state index in [1.807, 2.05) is 0 Å². The number of amides is 1. The van der Waals surface area contributed by atoms with Crippen LogP contribution in [0.2, 0.25) is 0 Å². The van der Waals surface area contributed by atoms with Gasteiger partial charge in [0, 0.05) is 14.2 Å².